The van der Waals surface area contributed by atoms with Gasteiger partial charge in [-0.25, -0.2) is 8.42 Å². The average Bonchev–Trinajstić information content (AvgIpc) is 2.58. The van der Waals surface area contributed by atoms with Gasteiger partial charge in [-0.15, -0.1) is 0 Å². The summed E-state index contributed by atoms with van der Waals surface area (Å²) in [6.45, 7) is 7.32. The molecule has 1 saturated heterocycles. The highest BCUT2D eigenvalue weighted by atomic mass is 32.2. The Morgan fingerprint density at radius 2 is 1.88 bits per heavy atom. The summed E-state index contributed by atoms with van der Waals surface area (Å²) in [6.07, 6.45) is 1.07. The fourth-order valence-electron chi connectivity index (χ4n) is 2.93. The second kappa shape index (κ2) is 7.97. The molecule has 0 bridgehead atoms. The van der Waals surface area contributed by atoms with Crippen molar-refractivity contribution < 1.29 is 22.9 Å². The van der Waals surface area contributed by atoms with Crippen molar-refractivity contribution in [1.82, 2.24) is 4.90 Å². The summed E-state index contributed by atoms with van der Waals surface area (Å²) in [4.78, 5) is 27.3. The number of anilines is 1. The normalized spacial score (nSPS) is 15.9. The van der Waals surface area contributed by atoms with Crippen molar-refractivity contribution in [2.75, 3.05) is 49.8 Å². The third-order valence-electron chi connectivity index (χ3n) is 4.54. The number of nitrogens with one attached hydrogen (secondary N) is 1. The van der Waals surface area contributed by atoms with E-state index in [9.17, 15) is 18.0 Å². The summed E-state index contributed by atoms with van der Waals surface area (Å²) in [5, 5.41) is 0. The molecule has 1 aliphatic heterocycles. The van der Waals surface area contributed by atoms with Crippen LogP contribution in [0.25, 0.3) is 0 Å². The molecular formula is C17H26N3O4S+. The summed E-state index contributed by atoms with van der Waals surface area (Å²) >= 11 is 0. The van der Waals surface area contributed by atoms with Gasteiger partial charge in [0, 0.05) is 5.56 Å². The number of amides is 1. The fraction of sp³-hybridized carbons (Fsp3) is 0.529. The van der Waals surface area contributed by atoms with Gasteiger partial charge >= 0.3 is 0 Å². The van der Waals surface area contributed by atoms with E-state index < -0.39 is 10.0 Å². The van der Waals surface area contributed by atoms with Gasteiger partial charge in [-0.3, -0.25) is 13.9 Å². The van der Waals surface area contributed by atoms with Crippen molar-refractivity contribution in [3.63, 3.8) is 0 Å². The zero-order valence-electron chi connectivity index (χ0n) is 15.0. The van der Waals surface area contributed by atoms with Crippen LogP contribution in [0, 0.1) is 0 Å². The van der Waals surface area contributed by atoms with Crippen LogP contribution in [0.4, 0.5) is 5.69 Å². The van der Waals surface area contributed by atoms with Crippen LogP contribution >= 0.6 is 0 Å². The van der Waals surface area contributed by atoms with Gasteiger partial charge in [-0.05, 0) is 26.0 Å². The van der Waals surface area contributed by atoms with Crippen LogP contribution in [0.1, 0.15) is 24.2 Å². The van der Waals surface area contributed by atoms with Crippen molar-refractivity contribution >= 4 is 27.4 Å². The molecule has 0 spiro atoms. The number of quaternary nitrogens is 1. The quantitative estimate of drug-likeness (QED) is 0.681. The Kier molecular flexibility index (Phi) is 6.18. The summed E-state index contributed by atoms with van der Waals surface area (Å²) in [5.74, 6) is -0.367. The fourth-order valence-corrected chi connectivity index (χ4v) is 3.77. The second-order valence-corrected chi connectivity index (χ2v) is 8.27. The number of rotatable bonds is 6. The third-order valence-corrected chi connectivity index (χ3v) is 5.68. The van der Waals surface area contributed by atoms with E-state index in [0.29, 0.717) is 24.3 Å². The number of Topliss-reactive ketones (excluding diaryl/α,β-unsaturated/α-hetero) is 1. The minimum atomic E-state index is -3.64. The second-order valence-electron chi connectivity index (χ2n) is 6.36. The molecule has 1 aliphatic rings. The van der Waals surface area contributed by atoms with Gasteiger partial charge in [0.05, 0.1) is 44.7 Å². The summed E-state index contributed by atoms with van der Waals surface area (Å²) < 4.78 is 25.5. The molecule has 0 atom stereocenters. The Morgan fingerprint density at radius 3 is 2.40 bits per heavy atom. The Balaban J connectivity index is 2.18. The topological polar surface area (TPSA) is 79.2 Å². The van der Waals surface area contributed by atoms with E-state index in [1.165, 1.54) is 17.9 Å². The number of nitrogens with zero attached hydrogens (tertiary/aromatic N) is 2. The maximum Gasteiger partial charge on any atom is 0.243 e. The minimum absolute atomic E-state index is 0.153. The minimum Gasteiger partial charge on any atom is -0.332 e. The number of benzene rings is 1. The molecule has 8 heteroatoms. The first-order valence-corrected chi connectivity index (χ1v) is 10.3. The van der Waals surface area contributed by atoms with Gasteiger partial charge in [0.1, 0.15) is 6.54 Å². The van der Waals surface area contributed by atoms with E-state index in [0.717, 1.165) is 30.2 Å². The van der Waals surface area contributed by atoms with E-state index in [1.54, 1.807) is 23.1 Å². The van der Waals surface area contributed by atoms with Crippen LogP contribution in [0.5, 0.6) is 0 Å². The molecule has 1 aromatic carbocycles. The predicted octanol–water partition coefficient (Wildman–Crippen LogP) is -0.598. The predicted molar refractivity (Wildman–Crippen MR) is 96.5 cm³/mol. The summed E-state index contributed by atoms with van der Waals surface area (Å²) in [6, 6.07) is 6.36. The van der Waals surface area contributed by atoms with Gasteiger partial charge in [0.15, 0.2) is 5.78 Å². The first-order valence-electron chi connectivity index (χ1n) is 8.42. The number of ketones is 1. The number of likely N-dealkylation sites (N-methyl/N-ethyl adjacent to an activating group) is 1. The maximum absolute atomic E-state index is 12.6. The van der Waals surface area contributed by atoms with Crippen LogP contribution in [-0.4, -0.2) is 70.5 Å². The molecule has 1 fully saturated rings. The van der Waals surface area contributed by atoms with E-state index >= 15 is 0 Å². The van der Waals surface area contributed by atoms with Crippen molar-refractivity contribution in [2.45, 2.75) is 13.8 Å². The number of piperazine rings is 1. The van der Waals surface area contributed by atoms with E-state index in [4.69, 9.17) is 0 Å². The zero-order chi connectivity index (χ0) is 18.6. The summed E-state index contributed by atoms with van der Waals surface area (Å²) in [5.41, 5.74) is 0.750. The number of carbonyl (C=O) groups is 2. The summed E-state index contributed by atoms with van der Waals surface area (Å²) in [7, 11) is -3.64. The molecular weight excluding hydrogens is 342 g/mol. The highest BCUT2D eigenvalue weighted by molar-refractivity contribution is 7.92. The van der Waals surface area contributed by atoms with Crippen LogP contribution in [0.15, 0.2) is 24.3 Å². The van der Waals surface area contributed by atoms with Gasteiger partial charge < -0.3 is 9.80 Å². The van der Waals surface area contributed by atoms with Crippen molar-refractivity contribution in [1.29, 1.82) is 0 Å². The van der Waals surface area contributed by atoms with E-state index in [2.05, 4.69) is 6.92 Å². The Hall–Kier alpha value is -1.93. The highest BCUT2D eigenvalue weighted by Gasteiger charge is 2.27. The largest absolute Gasteiger partial charge is 0.332 e. The van der Waals surface area contributed by atoms with E-state index in [1.807, 2.05) is 0 Å². The highest BCUT2D eigenvalue weighted by Crippen LogP contribution is 2.19. The van der Waals surface area contributed by atoms with Crippen LogP contribution < -0.4 is 9.21 Å². The van der Waals surface area contributed by atoms with Gasteiger partial charge in [0.2, 0.25) is 15.9 Å². The van der Waals surface area contributed by atoms with Crippen molar-refractivity contribution in [3.8, 4) is 0 Å². The van der Waals surface area contributed by atoms with Crippen LogP contribution in [0.3, 0.4) is 0 Å². The van der Waals surface area contributed by atoms with Gasteiger partial charge in [-0.1, -0.05) is 12.1 Å². The van der Waals surface area contributed by atoms with E-state index in [-0.39, 0.29) is 18.2 Å². The molecule has 1 N–H and O–H groups in total. The number of hydrogen-bond donors (Lipinski definition) is 1. The number of sulfonamides is 1. The van der Waals surface area contributed by atoms with Crippen molar-refractivity contribution in [3.05, 3.63) is 29.8 Å². The maximum atomic E-state index is 12.6. The molecule has 2 rings (SSSR count). The lowest BCUT2D eigenvalue weighted by molar-refractivity contribution is -0.902. The number of hydrogen-bond acceptors (Lipinski definition) is 4. The van der Waals surface area contributed by atoms with Crippen LogP contribution in [-0.2, 0) is 14.8 Å². The first kappa shape index (κ1) is 19.4. The number of carbonyl (C=O) groups excluding carboxylic acids is 2. The average molecular weight is 368 g/mol. The lowest BCUT2D eigenvalue weighted by Crippen LogP contribution is -3.14. The van der Waals surface area contributed by atoms with Gasteiger partial charge in [-0.2, -0.15) is 0 Å². The molecule has 1 amide bonds. The Morgan fingerprint density at radius 1 is 1.24 bits per heavy atom. The molecule has 138 valence electrons. The molecule has 0 radical (unpaired) electrons. The monoisotopic (exact) mass is 368 g/mol. The molecule has 7 nitrogen and oxygen atoms in total. The lowest BCUT2D eigenvalue weighted by Gasteiger charge is -2.33. The molecule has 0 aliphatic carbocycles. The molecule has 0 unspecified atom stereocenters. The third kappa shape index (κ3) is 5.02. The first-order chi connectivity index (χ1) is 11.7. The SMILES string of the molecule is CC[NH+]1CCN(C(=O)CN(c2cccc(C(C)=O)c2)S(C)(=O)=O)CC1. The lowest BCUT2D eigenvalue weighted by atomic mass is 10.1. The standard InChI is InChI=1S/C17H25N3O4S/c1-4-18-8-10-19(11-9-18)17(22)13-20(25(3,23)24)16-7-5-6-15(12-16)14(2)21/h5-7,12H,4,8-11,13H2,1-3H3/p+1. The Labute approximate surface area is 149 Å². The zero-order valence-corrected chi connectivity index (χ0v) is 15.8. The molecule has 1 aromatic rings. The molecule has 25 heavy (non-hydrogen) atoms. The molecule has 1 heterocycles. The van der Waals surface area contributed by atoms with Crippen molar-refractivity contribution in [2.24, 2.45) is 0 Å². The molecule has 0 saturated carbocycles. The van der Waals surface area contributed by atoms with Gasteiger partial charge in [0.25, 0.3) is 0 Å². The Bertz CT molecular complexity index is 740. The smallest absolute Gasteiger partial charge is 0.243 e. The van der Waals surface area contributed by atoms with Crippen LogP contribution in [0.2, 0.25) is 0 Å². The molecule has 0 aromatic heterocycles.